The van der Waals surface area contributed by atoms with Gasteiger partial charge in [-0.25, -0.2) is 5.43 Å². The van der Waals surface area contributed by atoms with Crippen molar-refractivity contribution in [2.75, 3.05) is 13.6 Å². The van der Waals surface area contributed by atoms with E-state index in [1.165, 1.54) is 15.5 Å². The van der Waals surface area contributed by atoms with Crippen LogP contribution >= 0.6 is 0 Å². The quantitative estimate of drug-likeness (QED) is 0.402. The lowest BCUT2D eigenvalue weighted by Crippen LogP contribution is -2.61. The molecule has 3 rings (SSSR count). The number of carboxylic acids is 1. The molecule has 0 unspecified atom stereocenters. The normalized spacial score (nSPS) is 17.5. The van der Waals surface area contributed by atoms with Crippen LogP contribution in [0.5, 0.6) is 0 Å². The molecule has 0 bridgehead atoms. The van der Waals surface area contributed by atoms with Gasteiger partial charge >= 0.3 is 5.97 Å². The number of aromatic nitrogens is 1. The summed E-state index contributed by atoms with van der Waals surface area (Å²) in [7, 11) is 1.60. The Morgan fingerprint density at radius 2 is 1.90 bits per heavy atom. The van der Waals surface area contributed by atoms with Crippen molar-refractivity contribution in [2.24, 2.45) is 11.3 Å². The number of nitrogens with zero attached hydrogens (tertiary/aromatic N) is 3. The summed E-state index contributed by atoms with van der Waals surface area (Å²) in [6, 6.07) is 5.70. The Morgan fingerprint density at radius 3 is 2.54 bits per heavy atom. The van der Waals surface area contributed by atoms with E-state index in [0.717, 1.165) is 22.9 Å². The van der Waals surface area contributed by atoms with Gasteiger partial charge in [-0.1, -0.05) is 45.0 Å². The van der Waals surface area contributed by atoms with Gasteiger partial charge in [0.15, 0.2) is 0 Å². The third-order valence-corrected chi connectivity index (χ3v) is 7.55. The Balaban J connectivity index is 1.70. The molecule has 2 aromatic rings. The number of hydrazine groups is 1. The van der Waals surface area contributed by atoms with E-state index >= 15 is 0 Å². The number of aliphatic carboxylic acids is 1. The number of hydrogen-bond donors (Lipinski definition) is 3. The zero-order chi connectivity index (χ0) is 30.5. The van der Waals surface area contributed by atoms with Gasteiger partial charge < -0.3 is 15.3 Å². The highest BCUT2D eigenvalue weighted by Gasteiger charge is 2.38. The summed E-state index contributed by atoms with van der Waals surface area (Å²) < 4.78 is 0. The zero-order valence-electron chi connectivity index (χ0n) is 25.1. The topological polar surface area (TPSA) is 132 Å². The number of rotatable bonds is 10. The number of fused-ring (bicyclic) bond motifs is 1. The lowest BCUT2D eigenvalue weighted by atomic mass is 9.89. The summed E-state index contributed by atoms with van der Waals surface area (Å²) >= 11 is 0. The van der Waals surface area contributed by atoms with E-state index in [4.69, 9.17) is 0 Å². The van der Waals surface area contributed by atoms with Crippen LogP contribution < -0.4 is 10.7 Å². The number of carboxylic acid groups (broad SMARTS) is 1. The van der Waals surface area contributed by atoms with Crippen molar-refractivity contribution in [3.8, 4) is 0 Å². The van der Waals surface area contributed by atoms with Gasteiger partial charge in [0.2, 0.25) is 11.8 Å². The molecule has 0 spiro atoms. The van der Waals surface area contributed by atoms with Gasteiger partial charge in [0, 0.05) is 25.2 Å². The van der Waals surface area contributed by atoms with Gasteiger partial charge in [-0.2, -0.15) is 0 Å². The Morgan fingerprint density at radius 1 is 1.20 bits per heavy atom. The molecule has 1 aliphatic rings. The molecule has 1 aliphatic heterocycles. The highest BCUT2D eigenvalue weighted by molar-refractivity contribution is 5.94. The minimum Gasteiger partial charge on any atom is -0.480 e. The van der Waals surface area contributed by atoms with Gasteiger partial charge in [0.1, 0.15) is 18.1 Å². The molecule has 10 heteroatoms. The van der Waals surface area contributed by atoms with Crippen LogP contribution in [-0.4, -0.2) is 75.4 Å². The number of aryl methyl sites for hydroxylation is 1. The number of amides is 3. The van der Waals surface area contributed by atoms with Crippen LogP contribution in [0.2, 0.25) is 0 Å². The van der Waals surface area contributed by atoms with Crippen LogP contribution in [0.3, 0.4) is 0 Å². The molecule has 3 atom stereocenters. The summed E-state index contributed by atoms with van der Waals surface area (Å²) in [5.41, 5.74) is 3.75. The van der Waals surface area contributed by atoms with E-state index in [1.807, 2.05) is 32.2 Å². The van der Waals surface area contributed by atoms with Crippen LogP contribution in [0.1, 0.15) is 65.6 Å². The van der Waals surface area contributed by atoms with E-state index in [1.54, 1.807) is 33.9 Å². The molecule has 0 saturated carbocycles. The van der Waals surface area contributed by atoms with Crippen LogP contribution in [0.25, 0.3) is 16.8 Å². The molecule has 1 fully saturated rings. The first-order valence-corrected chi connectivity index (χ1v) is 14.2. The number of carbonyl (C=O) groups excluding carboxylic acids is 3. The molecule has 0 radical (unpaired) electrons. The van der Waals surface area contributed by atoms with Crippen LogP contribution in [0.4, 0.5) is 0 Å². The van der Waals surface area contributed by atoms with Gasteiger partial charge in [-0.15, -0.1) is 0 Å². The Labute approximate surface area is 242 Å². The maximum Gasteiger partial charge on any atom is 0.322 e. The first-order chi connectivity index (χ1) is 19.2. The molecule has 222 valence electrons. The number of likely N-dealkylation sites (N-methyl/N-ethyl adjacent to an activating group) is 1. The Hall–Kier alpha value is -3.79. The van der Waals surface area contributed by atoms with Gasteiger partial charge in [0.25, 0.3) is 5.91 Å². The minimum atomic E-state index is -1.03. The maximum absolute atomic E-state index is 13.6. The number of hydrogen-bond acceptors (Lipinski definition) is 6. The second-order valence-corrected chi connectivity index (χ2v) is 11.7. The fraction of sp³-hybridized carbons (Fsp3) is 0.516. The summed E-state index contributed by atoms with van der Waals surface area (Å²) in [4.78, 5) is 57.2. The summed E-state index contributed by atoms with van der Waals surface area (Å²) in [6.45, 7) is 11.3. The largest absolute Gasteiger partial charge is 0.480 e. The van der Waals surface area contributed by atoms with Crippen molar-refractivity contribution >= 4 is 40.5 Å². The summed E-state index contributed by atoms with van der Waals surface area (Å²) in [5.74, 6) is -2.40. The molecular weight excluding hydrogens is 522 g/mol. The average molecular weight is 566 g/mol. The SMILES string of the molecule is CCc1ccc2cnc(/C=C/C(C)(C)C(=O)N(C)[C@H](C(=O)N[C@@H](C)C(=O)N3CCC[C@@H](C(=O)O)N3)C(C)C)cc2c1. The van der Waals surface area contributed by atoms with Crippen LogP contribution in [0.15, 0.2) is 36.5 Å². The molecule has 2 heterocycles. The van der Waals surface area contributed by atoms with Crippen molar-refractivity contribution in [1.29, 1.82) is 0 Å². The van der Waals surface area contributed by atoms with Gasteiger partial charge in [0.05, 0.1) is 11.1 Å². The van der Waals surface area contributed by atoms with Crippen molar-refractivity contribution in [3.05, 3.63) is 47.8 Å². The molecule has 1 saturated heterocycles. The first-order valence-electron chi connectivity index (χ1n) is 14.2. The smallest absolute Gasteiger partial charge is 0.322 e. The van der Waals surface area contributed by atoms with E-state index < -0.39 is 41.3 Å². The standard InChI is InChI=1S/C31H43N5O5/c1-8-21-11-12-22-18-32-24(17-23(22)16-21)13-14-31(5,6)30(41)35(7)26(19(2)3)27(37)33-20(4)28(38)36-15-9-10-25(34-36)29(39)40/h11-14,16-20,25-26,34H,8-10,15H2,1-7H3,(H,33,37)(H,39,40)/b14-13+/t20-,25-,26-/m0/s1. The number of carbonyl (C=O) groups is 4. The number of pyridine rings is 1. The average Bonchev–Trinajstić information content (AvgIpc) is 2.94. The third-order valence-electron chi connectivity index (χ3n) is 7.55. The molecule has 0 aliphatic carbocycles. The van der Waals surface area contributed by atoms with Crippen molar-refractivity contribution in [2.45, 2.75) is 78.9 Å². The predicted octanol–water partition coefficient (Wildman–Crippen LogP) is 3.40. The maximum atomic E-state index is 13.6. The molecule has 10 nitrogen and oxygen atoms in total. The molecule has 3 amide bonds. The Bertz CT molecular complexity index is 1320. The second-order valence-electron chi connectivity index (χ2n) is 11.7. The number of nitrogens with one attached hydrogen (secondary N) is 2. The van der Waals surface area contributed by atoms with Crippen LogP contribution in [-0.2, 0) is 25.6 Å². The number of benzene rings is 1. The van der Waals surface area contributed by atoms with Crippen molar-refractivity contribution in [1.82, 2.24) is 25.6 Å². The molecular formula is C31H43N5O5. The molecule has 1 aromatic carbocycles. The highest BCUT2D eigenvalue weighted by atomic mass is 16.4. The monoisotopic (exact) mass is 565 g/mol. The van der Waals surface area contributed by atoms with E-state index in [2.05, 4.69) is 40.8 Å². The van der Waals surface area contributed by atoms with E-state index in [9.17, 15) is 24.3 Å². The Kier molecular flexibility index (Phi) is 10.3. The van der Waals surface area contributed by atoms with Crippen molar-refractivity contribution in [3.63, 3.8) is 0 Å². The van der Waals surface area contributed by atoms with Gasteiger partial charge in [-0.3, -0.25) is 29.2 Å². The minimum absolute atomic E-state index is 0.231. The zero-order valence-corrected chi connectivity index (χ0v) is 25.1. The molecule has 1 aromatic heterocycles. The fourth-order valence-electron chi connectivity index (χ4n) is 5.11. The molecule has 3 N–H and O–H groups in total. The van der Waals surface area contributed by atoms with Crippen molar-refractivity contribution < 1.29 is 24.3 Å². The third kappa shape index (κ3) is 7.70. The summed E-state index contributed by atoms with van der Waals surface area (Å²) in [6.07, 6.45) is 7.34. The lowest BCUT2D eigenvalue weighted by Gasteiger charge is -2.36. The second kappa shape index (κ2) is 13.2. The van der Waals surface area contributed by atoms with Gasteiger partial charge in [-0.05, 0) is 69.0 Å². The highest BCUT2D eigenvalue weighted by Crippen LogP contribution is 2.25. The molecule has 41 heavy (non-hydrogen) atoms. The van der Waals surface area contributed by atoms with E-state index in [-0.39, 0.29) is 11.8 Å². The fourth-order valence-corrected chi connectivity index (χ4v) is 5.11. The lowest BCUT2D eigenvalue weighted by molar-refractivity contribution is -0.149. The first kappa shape index (κ1) is 31.7. The summed E-state index contributed by atoms with van der Waals surface area (Å²) in [5, 5.41) is 15.4. The van der Waals surface area contributed by atoms with E-state index in [0.29, 0.717) is 19.4 Å². The predicted molar refractivity (Wildman–Crippen MR) is 158 cm³/mol. The van der Waals surface area contributed by atoms with Crippen LogP contribution in [0, 0.1) is 11.3 Å².